The molecule has 2 N–H and O–H groups in total. The predicted molar refractivity (Wildman–Crippen MR) is 96.9 cm³/mol. The Hall–Kier alpha value is -2.23. The normalized spacial score (nSPS) is 11.0. The molecule has 0 radical (unpaired) electrons. The van der Waals surface area contributed by atoms with Crippen molar-refractivity contribution in [2.45, 2.75) is 58.8 Å². The molecule has 0 aliphatic heterocycles. The fourth-order valence-electron chi connectivity index (χ4n) is 2.87. The van der Waals surface area contributed by atoms with Gasteiger partial charge in [-0.3, -0.25) is 4.79 Å². The average Bonchev–Trinajstić information content (AvgIpc) is 2.57. The molecule has 1 amide bonds. The second-order valence-corrected chi connectivity index (χ2v) is 6.21. The van der Waals surface area contributed by atoms with Crippen molar-refractivity contribution >= 4 is 5.91 Å². The van der Waals surface area contributed by atoms with Crippen LogP contribution in [-0.4, -0.2) is 15.9 Å². The van der Waals surface area contributed by atoms with Gasteiger partial charge in [0.2, 0.25) is 5.91 Å². The zero-order chi connectivity index (χ0) is 17.5. The van der Waals surface area contributed by atoms with Gasteiger partial charge in [0.25, 0.3) is 0 Å². The van der Waals surface area contributed by atoms with E-state index in [0.29, 0.717) is 5.92 Å². The lowest BCUT2D eigenvalue weighted by Crippen LogP contribution is -2.13. The molecule has 2 aromatic rings. The highest BCUT2D eigenvalue weighted by atomic mass is 16.1. The van der Waals surface area contributed by atoms with E-state index in [1.54, 1.807) is 0 Å². The van der Waals surface area contributed by atoms with Crippen LogP contribution < -0.4 is 5.73 Å². The molecule has 0 aliphatic carbocycles. The first-order chi connectivity index (χ1) is 11.5. The molecule has 0 atom stereocenters. The largest absolute Gasteiger partial charge is 0.369 e. The predicted octanol–water partition coefficient (Wildman–Crippen LogP) is 3.56. The van der Waals surface area contributed by atoms with Gasteiger partial charge in [0, 0.05) is 23.7 Å². The fourth-order valence-corrected chi connectivity index (χ4v) is 2.87. The van der Waals surface area contributed by atoms with E-state index < -0.39 is 0 Å². The summed E-state index contributed by atoms with van der Waals surface area (Å²) in [6.07, 6.45) is 4.10. The molecule has 0 aliphatic rings. The van der Waals surface area contributed by atoms with Gasteiger partial charge >= 0.3 is 0 Å². The topological polar surface area (TPSA) is 68.9 Å². The molecule has 0 saturated heterocycles. The third-order valence-corrected chi connectivity index (χ3v) is 4.35. The third-order valence-electron chi connectivity index (χ3n) is 4.35. The van der Waals surface area contributed by atoms with Gasteiger partial charge in [-0.2, -0.15) is 0 Å². The summed E-state index contributed by atoms with van der Waals surface area (Å²) in [6.45, 7) is 6.50. The van der Waals surface area contributed by atoms with Gasteiger partial charge in [-0.15, -0.1) is 0 Å². The highest BCUT2D eigenvalue weighted by Crippen LogP contribution is 2.21. The van der Waals surface area contributed by atoms with Crippen LogP contribution in [0, 0.1) is 0 Å². The first-order valence-corrected chi connectivity index (χ1v) is 8.78. The van der Waals surface area contributed by atoms with E-state index in [2.05, 4.69) is 26.8 Å². The average molecular weight is 325 g/mol. The third kappa shape index (κ3) is 4.88. The second kappa shape index (κ2) is 8.57. The number of hydrogen-bond donors (Lipinski definition) is 1. The maximum Gasteiger partial charge on any atom is 0.221 e. The molecule has 128 valence electrons. The summed E-state index contributed by atoms with van der Waals surface area (Å²) in [4.78, 5) is 20.5. The highest BCUT2D eigenvalue weighted by Gasteiger charge is 2.13. The van der Waals surface area contributed by atoms with E-state index >= 15 is 0 Å². The van der Waals surface area contributed by atoms with Crippen molar-refractivity contribution in [3.05, 3.63) is 58.7 Å². The number of carbonyl (C=O) groups excluding carboxylic acids is 1. The van der Waals surface area contributed by atoms with Crippen LogP contribution in [0.4, 0.5) is 0 Å². The van der Waals surface area contributed by atoms with Crippen molar-refractivity contribution in [3.8, 4) is 0 Å². The maximum atomic E-state index is 11.0. The number of nitrogens with zero attached hydrogens (tertiary/aromatic N) is 2. The van der Waals surface area contributed by atoms with E-state index in [9.17, 15) is 4.79 Å². The Labute approximate surface area is 144 Å². The van der Waals surface area contributed by atoms with Crippen LogP contribution in [0.15, 0.2) is 30.3 Å². The van der Waals surface area contributed by atoms with E-state index in [0.717, 1.165) is 48.5 Å². The lowest BCUT2D eigenvalue weighted by atomic mass is 10.0. The van der Waals surface area contributed by atoms with Crippen LogP contribution in [0.5, 0.6) is 0 Å². The highest BCUT2D eigenvalue weighted by molar-refractivity contribution is 5.76. The minimum Gasteiger partial charge on any atom is -0.369 e. The zero-order valence-corrected chi connectivity index (χ0v) is 14.9. The lowest BCUT2D eigenvalue weighted by Gasteiger charge is -2.14. The maximum absolute atomic E-state index is 11.0. The van der Waals surface area contributed by atoms with Gasteiger partial charge in [0.15, 0.2) is 0 Å². The van der Waals surface area contributed by atoms with Gasteiger partial charge < -0.3 is 5.73 Å². The molecule has 4 nitrogen and oxygen atoms in total. The number of benzene rings is 1. The Morgan fingerprint density at radius 1 is 1.00 bits per heavy atom. The standard InChI is InChI=1S/C20H27N3O/c1-4-16(5-2)20-22-17(6-3)13-18(23-20)11-14-7-9-15(10-8-14)12-19(21)24/h7-10,13,16H,4-6,11-12H2,1-3H3,(H2,21,24). The quantitative estimate of drug-likeness (QED) is 0.807. The second-order valence-electron chi connectivity index (χ2n) is 6.21. The number of primary amides is 1. The van der Waals surface area contributed by atoms with Gasteiger partial charge in [0.1, 0.15) is 5.82 Å². The minimum absolute atomic E-state index is 0.284. The Bertz CT molecular complexity index is 676. The summed E-state index contributed by atoms with van der Waals surface area (Å²) >= 11 is 0. The van der Waals surface area contributed by atoms with Crippen molar-refractivity contribution in [2.75, 3.05) is 0 Å². The number of nitrogens with two attached hydrogens (primary N) is 1. The summed E-state index contributed by atoms with van der Waals surface area (Å²) in [5, 5.41) is 0. The van der Waals surface area contributed by atoms with Crippen LogP contribution in [-0.2, 0) is 24.1 Å². The van der Waals surface area contributed by atoms with E-state index in [1.807, 2.05) is 24.3 Å². The van der Waals surface area contributed by atoms with Crippen molar-refractivity contribution < 1.29 is 4.79 Å². The van der Waals surface area contributed by atoms with Crippen molar-refractivity contribution in [3.63, 3.8) is 0 Å². The monoisotopic (exact) mass is 325 g/mol. The van der Waals surface area contributed by atoms with Crippen LogP contribution in [0.3, 0.4) is 0 Å². The number of carbonyl (C=O) groups is 1. The molecule has 1 aromatic heterocycles. The molecule has 0 saturated carbocycles. The van der Waals surface area contributed by atoms with E-state index in [4.69, 9.17) is 15.7 Å². The summed E-state index contributed by atoms with van der Waals surface area (Å²) in [6, 6.07) is 10.1. The molecule has 0 bridgehead atoms. The molecule has 4 heteroatoms. The Morgan fingerprint density at radius 2 is 1.58 bits per heavy atom. The number of aromatic nitrogens is 2. The molecular weight excluding hydrogens is 298 g/mol. The molecular formula is C20H27N3O. The van der Waals surface area contributed by atoms with Crippen molar-refractivity contribution in [2.24, 2.45) is 5.73 Å². The minimum atomic E-state index is -0.305. The van der Waals surface area contributed by atoms with Crippen LogP contribution in [0.25, 0.3) is 0 Å². The van der Waals surface area contributed by atoms with Crippen molar-refractivity contribution in [1.29, 1.82) is 0 Å². The summed E-state index contributed by atoms with van der Waals surface area (Å²) in [5.41, 5.74) is 9.52. The Morgan fingerprint density at radius 3 is 2.12 bits per heavy atom. The van der Waals surface area contributed by atoms with Gasteiger partial charge in [-0.1, -0.05) is 45.0 Å². The summed E-state index contributed by atoms with van der Waals surface area (Å²) in [7, 11) is 0. The molecule has 1 aromatic carbocycles. The molecule has 0 spiro atoms. The number of hydrogen-bond acceptors (Lipinski definition) is 3. The Balaban J connectivity index is 2.22. The molecule has 1 heterocycles. The van der Waals surface area contributed by atoms with Gasteiger partial charge in [-0.25, -0.2) is 9.97 Å². The van der Waals surface area contributed by atoms with Crippen LogP contribution in [0.1, 0.15) is 67.9 Å². The molecule has 2 rings (SSSR count). The first kappa shape index (κ1) is 18.1. The molecule has 0 unspecified atom stereocenters. The zero-order valence-electron chi connectivity index (χ0n) is 14.9. The summed E-state index contributed by atoms with van der Waals surface area (Å²) < 4.78 is 0. The number of rotatable bonds is 8. The van der Waals surface area contributed by atoms with Crippen LogP contribution in [0.2, 0.25) is 0 Å². The number of amides is 1. The summed E-state index contributed by atoms with van der Waals surface area (Å²) in [5.74, 6) is 1.09. The molecule has 24 heavy (non-hydrogen) atoms. The van der Waals surface area contributed by atoms with Crippen molar-refractivity contribution in [1.82, 2.24) is 9.97 Å². The molecule has 0 fully saturated rings. The van der Waals surface area contributed by atoms with Gasteiger partial charge in [0.05, 0.1) is 6.42 Å². The smallest absolute Gasteiger partial charge is 0.221 e. The van der Waals surface area contributed by atoms with E-state index in [1.165, 1.54) is 5.56 Å². The lowest BCUT2D eigenvalue weighted by molar-refractivity contribution is -0.117. The number of aryl methyl sites for hydroxylation is 1. The van der Waals surface area contributed by atoms with Gasteiger partial charge in [-0.05, 0) is 36.5 Å². The first-order valence-electron chi connectivity index (χ1n) is 8.78. The SMILES string of the molecule is CCc1cc(Cc2ccc(CC(N)=O)cc2)nc(C(CC)CC)n1. The fraction of sp³-hybridized carbons (Fsp3) is 0.450. The Kier molecular flexibility index (Phi) is 6.47. The van der Waals surface area contributed by atoms with E-state index in [-0.39, 0.29) is 12.3 Å². The van der Waals surface area contributed by atoms with Crippen LogP contribution >= 0.6 is 0 Å².